The summed E-state index contributed by atoms with van der Waals surface area (Å²) in [6, 6.07) is 6.07. The first kappa shape index (κ1) is 14.3. The van der Waals surface area contributed by atoms with E-state index in [0.29, 0.717) is 12.2 Å². The smallest absolute Gasteiger partial charge is 0.240 e. The van der Waals surface area contributed by atoms with E-state index in [2.05, 4.69) is 4.72 Å². The van der Waals surface area contributed by atoms with Gasteiger partial charge in [-0.05, 0) is 18.6 Å². The fourth-order valence-corrected chi connectivity index (χ4v) is 3.57. The number of nitrogens with one attached hydrogen (secondary N) is 1. The number of hydrogen-bond acceptors (Lipinski definition) is 4. The quantitative estimate of drug-likeness (QED) is 0.869. The summed E-state index contributed by atoms with van der Waals surface area (Å²) in [5, 5.41) is 9.64. The molecule has 1 aliphatic carbocycles. The number of aliphatic hydroxyl groups excluding tert-OH is 1. The van der Waals surface area contributed by atoms with Crippen LogP contribution in [0.3, 0.4) is 0 Å². The fourth-order valence-electron chi connectivity index (χ4n) is 2.13. The van der Waals surface area contributed by atoms with Crippen LogP contribution in [0.1, 0.15) is 20.3 Å². The van der Waals surface area contributed by atoms with Gasteiger partial charge in [0.2, 0.25) is 10.0 Å². The highest BCUT2D eigenvalue weighted by Gasteiger charge is 2.48. The summed E-state index contributed by atoms with van der Waals surface area (Å²) >= 11 is 0. The lowest BCUT2D eigenvalue weighted by atomic mass is 9.65. The minimum atomic E-state index is -3.59. The van der Waals surface area contributed by atoms with Crippen molar-refractivity contribution in [1.82, 2.24) is 4.72 Å². The van der Waals surface area contributed by atoms with Gasteiger partial charge in [0.1, 0.15) is 5.75 Å². The minimum absolute atomic E-state index is 0.170. The topological polar surface area (TPSA) is 75.6 Å². The van der Waals surface area contributed by atoms with Crippen LogP contribution in [0.25, 0.3) is 0 Å². The summed E-state index contributed by atoms with van der Waals surface area (Å²) in [6.07, 6.45) is -0.0264. The predicted molar refractivity (Wildman–Crippen MR) is 71.5 cm³/mol. The maximum Gasteiger partial charge on any atom is 0.240 e. The fraction of sp³-hybridized carbons (Fsp3) is 0.538. The number of sulfonamides is 1. The molecule has 0 bridgehead atoms. The second kappa shape index (κ2) is 4.77. The Kier molecular flexibility index (Phi) is 3.59. The van der Waals surface area contributed by atoms with Crippen molar-refractivity contribution < 1.29 is 18.3 Å². The van der Waals surface area contributed by atoms with Gasteiger partial charge < -0.3 is 9.84 Å². The van der Waals surface area contributed by atoms with Gasteiger partial charge >= 0.3 is 0 Å². The van der Waals surface area contributed by atoms with Crippen molar-refractivity contribution in [3.63, 3.8) is 0 Å². The van der Waals surface area contributed by atoms with Crippen LogP contribution in [0.5, 0.6) is 5.75 Å². The molecule has 6 heteroatoms. The zero-order valence-electron chi connectivity index (χ0n) is 11.3. The van der Waals surface area contributed by atoms with E-state index in [1.807, 2.05) is 13.8 Å². The van der Waals surface area contributed by atoms with Crippen LogP contribution < -0.4 is 9.46 Å². The maximum absolute atomic E-state index is 12.2. The Morgan fingerprint density at radius 1 is 1.42 bits per heavy atom. The van der Waals surface area contributed by atoms with Gasteiger partial charge in [0.25, 0.3) is 0 Å². The van der Waals surface area contributed by atoms with Gasteiger partial charge in [-0.1, -0.05) is 19.9 Å². The highest BCUT2D eigenvalue weighted by atomic mass is 32.2. The lowest BCUT2D eigenvalue weighted by Gasteiger charge is -2.49. The molecular weight excluding hydrogens is 266 g/mol. The molecule has 2 atom stereocenters. The van der Waals surface area contributed by atoms with Crippen LogP contribution in [0.2, 0.25) is 0 Å². The van der Waals surface area contributed by atoms with E-state index in [1.54, 1.807) is 12.1 Å². The molecule has 0 spiro atoms. The van der Waals surface area contributed by atoms with Crippen LogP contribution in [-0.4, -0.2) is 32.8 Å². The van der Waals surface area contributed by atoms with Gasteiger partial charge in [-0.3, -0.25) is 0 Å². The molecule has 2 unspecified atom stereocenters. The molecule has 1 fully saturated rings. The lowest BCUT2D eigenvalue weighted by molar-refractivity contribution is -0.0645. The summed E-state index contributed by atoms with van der Waals surface area (Å²) in [6.45, 7) is 3.69. The summed E-state index contributed by atoms with van der Waals surface area (Å²) in [7, 11) is -2.10. The Labute approximate surface area is 113 Å². The van der Waals surface area contributed by atoms with E-state index in [0.717, 1.165) is 0 Å². The van der Waals surface area contributed by atoms with Crippen LogP contribution in [0.4, 0.5) is 0 Å². The Bertz CT molecular complexity index is 568. The number of ether oxygens (including phenoxy) is 1. The van der Waals surface area contributed by atoms with Crippen molar-refractivity contribution in [2.45, 2.75) is 37.3 Å². The van der Waals surface area contributed by atoms with E-state index in [-0.39, 0.29) is 10.9 Å². The predicted octanol–water partition coefficient (Wildman–Crippen LogP) is 1.13. The molecule has 2 N–H and O–H groups in total. The molecule has 0 heterocycles. The van der Waals surface area contributed by atoms with Crippen molar-refractivity contribution in [3.05, 3.63) is 24.3 Å². The molecule has 0 radical (unpaired) electrons. The summed E-state index contributed by atoms with van der Waals surface area (Å²) < 4.78 is 32.2. The van der Waals surface area contributed by atoms with Crippen molar-refractivity contribution in [1.29, 1.82) is 0 Å². The Morgan fingerprint density at radius 2 is 2.11 bits per heavy atom. The molecule has 0 amide bonds. The van der Waals surface area contributed by atoms with E-state index in [1.165, 1.54) is 19.2 Å². The molecule has 0 aromatic heterocycles. The Hall–Kier alpha value is -1.11. The zero-order valence-corrected chi connectivity index (χ0v) is 12.1. The second-order valence-corrected chi connectivity index (χ2v) is 7.14. The van der Waals surface area contributed by atoms with Crippen molar-refractivity contribution >= 4 is 10.0 Å². The SMILES string of the molecule is COc1cccc(S(=O)(=O)NC2CC(O)C2(C)C)c1. The van der Waals surface area contributed by atoms with Crippen molar-refractivity contribution in [3.8, 4) is 5.75 Å². The number of aliphatic hydroxyl groups is 1. The first-order chi connectivity index (χ1) is 8.77. The van der Waals surface area contributed by atoms with Crippen molar-refractivity contribution in [2.75, 3.05) is 7.11 Å². The second-order valence-electron chi connectivity index (χ2n) is 5.43. The molecule has 106 valence electrons. The molecule has 5 nitrogen and oxygen atoms in total. The number of benzene rings is 1. The zero-order chi connectivity index (χ0) is 14.3. The molecular formula is C13H19NO4S. The van der Waals surface area contributed by atoms with Gasteiger partial charge in [0.05, 0.1) is 18.1 Å². The molecule has 1 aliphatic rings. The number of methoxy groups -OCH3 is 1. The molecule has 1 saturated carbocycles. The molecule has 2 rings (SSSR count). The van der Waals surface area contributed by atoms with Crippen LogP contribution in [-0.2, 0) is 10.0 Å². The highest BCUT2D eigenvalue weighted by Crippen LogP contribution is 2.41. The average molecular weight is 285 g/mol. The minimum Gasteiger partial charge on any atom is -0.497 e. The Morgan fingerprint density at radius 3 is 2.63 bits per heavy atom. The normalized spacial score (nSPS) is 25.7. The van der Waals surface area contributed by atoms with Gasteiger partial charge in [-0.2, -0.15) is 0 Å². The van der Waals surface area contributed by atoms with Crippen LogP contribution >= 0.6 is 0 Å². The van der Waals surface area contributed by atoms with Crippen molar-refractivity contribution in [2.24, 2.45) is 5.41 Å². The summed E-state index contributed by atoms with van der Waals surface area (Å²) in [5.74, 6) is 0.496. The largest absolute Gasteiger partial charge is 0.497 e. The lowest BCUT2D eigenvalue weighted by Crippen LogP contribution is -2.61. The van der Waals surface area contributed by atoms with Crippen LogP contribution in [0, 0.1) is 5.41 Å². The third kappa shape index (κ3) is 2.61. The Balaban J connectivity index is 2.19. The summed E-state index contributed by atoms with van der Waals surface area (Å²) in [4.78, 5) is 0.170. The third-order valence-corrected chi connectivity index (χ3v) is 5.33. The van der Waals surface area contributed by atoms with E-state index >= 15 is 0 Å². The maximum atomic E-state index is 12.2. The first-order valence-electron chi connectivity index (χ1n) is 6.12. The van der Waals surface area contributed by atoms with Gasteiger partial charge in [0.15, 0.2) is 0 Å². The molecule has 0 aliphatic heterocycles. The molecule has 0 saturated heterocycles. The average Bonchev–Trinajstić information content (AvgIpc) is 2.38. The van der Waals surface area contributed by atoms with Gasteiger partial charge in [0, 0.05) is 17.5 Å². The molecule has 1 aromatic rings. The van der Waals surface area contributed by atoms with Gasteiger partial charge in [-0.25, -0.2) is 13.1 Å². The number of rotatable bonds is 4. The van der Waals surface area contributed by atoms with E-state index in [9.17, 15) is 13.5 Å². The first-order valence-corrected chi connectivity index (χ1v) is 7.60. The summed E-state index contributed by atoms with van der Waals surface area (Å²) in [5.41, 5.74) is -0.439. The highest BCUT2D eigenvalue weighted by molar-refractivity contribution is 7.89. The third-order valence-electron chi connectivity index (χ3n) is 3.86. The number of hydrogen-bond donors (Lipinski definition) is 2. The van der Waals surface area contributed by atoms with Crippen LogP contribution in [0.15, 0.2) is 29.2 Å². The van der Waals surface area contributed by atoms with Gasteiger partial charge in [-0.15, -0.1) is 0 Å². The monoisotopic (exact) mass is 285 g/mol. The molecule has 1 aromatic carbocycles. The van der Waals surface area contributed by atoms with E-state index in [4.69, 9.17) is 4.74 Å². The van der Waals surface area contributed by atoms with E-state index < -0.39 is 21.5 Å². The standard InChI is InChI=1S/C13H19NO4S/c1-13(2)11(8-12(13)15)14-19(16,17)10-6-4-5-9(7-10)18-3/h4-7,11-12,14-15H,8H2,1-3H3. The molecule has 19 heavy (non-hydrogen) atoms.